The number of hydrogen-bond donors (Lipinski definition) is 1. The van der Waals surface area contributed by atoms with E-state index >= 15 is 0 Å². The summed E-state index contributed by atoms with van der Waals surface area (Å²) in [7, 11) is 0. The lowest BCUT2D eigenvalue weighted by Crippen LogP contribution is -2.45. The summed E-state index contributed by atoms with van der Waals surface area (Å²) < 4.78 is 0. The smallest absolute Gasteiger partial charge is 0.356 e. The van der Waals surface area contributed by atoms with Crippen molar-refractivity contribution in [2.45, 2.75) is 0 Å². The first-order valence-corrected chi connectivity index (χ1v) is 7.45. The second-order valence-electron chi connectivity index (χ2n) is 4.91. The van der Waals surface area contributed by atoms with Crippen LogP contribution in [-0.4, -0.2) is 22.1 Å². The summed E-state index contributed by atoms with van der Waals surface area (Å²) in [6.07, 6.45) is 1.48. The van der Waals surface area contributed by atoms with Crippen LogP contribution in [0.4, 0.5) is 10.5 Å². The van der Waals surface area contributed by atoms with Crippen molar-refractivity contribution in [1.82, 2.24) is 15.7 Å². The number of aromatic nitrogens is 2. The molecule has 1 N–H and O–H groups in total. The number of rotatable bonds is 4. The molecular weight excluding hydrogens is 320 g/mol. The fourth-order valence-corrected chi connectivity index (χ4v) is 2.10. The minimum atomic E-state index is -0.745. The van der Waals surface area contributed by atoms with Gasteiger partial charge in [0.25, 0.3) is 11.8 Å². The Bertz CT molecular complexity index is 842. The van der Waals surface area contributed by atoms with E-state index in [-0.39, 0.29) is 5.88 Å². The Balaban J connectivity index is 1.83. The van der Waals surface area contributed by atoms with E-state index in [1.54, 1.807) is 66.7 Å². The second kappa shape index (κ2) is 7.69. The molecule has 2 aromatic carbocycles. The van der Waals surface area contributed by atoms with Crippen molar-refractivity contribution in [2.24, 2.45) is 0 Å². The highest BCUT2D eigenvalue weighted by Gasteiger charge is 2.25. The molecule has 0 radical (unpaired) electrons. The zero-order valence-corrected chi connectivity index (χ0v) is 13.1. The molecule has 7 heteroatoms. The van der Waals surface area contributed by atoms with Crippen LogP contribution < -0.4 is 15.2 Å². The van der Waals surface area contributed by atoms with E-state index in [1.165, 1.54) is 12.3 Å². The number of hydroxylamine groups is 1. The second-order valence-corrected chi connectivity index (χ2v) is 4.91. The number of anilines is 1. The Labute approximate surface area is 143 Å². The third-order valence-corrected chi connectivity index (χ3v) is 3.23. The maximum atomic E-state index is 12.8. The third kappa shape index (κ3) is 3.97. The first kappa shape index (κ1) is 16.1. The normalized spacial score (nSPS) is 9.92. The number of hydrogen-bond acceptors (Lipinski definition) is 5. The van der Waals surface area contributed by atoms with Crippen molar-refractivity contribution in [1.29, 1.82) is 0 Å². The summed E-state index contributed by atoms with van der Waals surface area (Å²) in [5.74, 6) is -0.372. The molecule has 0 unspecified atom stereocenters. The van der Waals surface area contributed by atoms with Crippen LogP contribution in [0.15, 0.2) is 79.0 Å². The maximum Gasteiger partial charge on any atom is 0.362 e. The molecule has 124 valence electrons. The number of nitrogens with zero attached hydrogens (tertiary/aromatic N) is 3. The highest BCUT2D eigenvalue weighted by Crippen LogP contribution is 2.17. The monoisotopic (exact) mass is 334 g/mol. The van der Waals surface area contributed by atoms with E-state index in [2.05, 4.69) is 15.7 Å². The summed E-state index contributed by atoms with van der Waals surface area (Å²) in [5.41, 5.74) is 3.00. The summed E-state index contributed by atoms with van der Waals surface area (Å²) >= 11 is 0. The number of urea groups is 1. The number of amides is 3. The Kier molecular flexibility index (Phi) is 4.96. The molecule has 0 aliphatic rings. The molecule has 0 aliphatic heterocycles. The van der Waals surface area contributed by atoms with Crippen LogP contribution in [0.1, 0.15) is 10.4 Å². The number of carbonyl (C=O) groups excluding carboxylic acids is 2. The van der Waals surface area contributed by atoms with Gasteiger partial charge in [0.15, 0.2) is 0 Å². The van der Waals surface area contributed by atoms with Gasteiger partial charge in [0.05, 0.1) is 5.69 Å². The summed E-state index contributed by atoms with van der Waals surface area (Å²) in [6, 6.07) is 19.5. The molecule has 0 saturated heterocycles. The molecule has 1 aromatic heterocycles. The lowest BCUT2D eigenvalue weighted by molar-refractivity contribution is 0.0983. The van der Waals surface area contributed by atoms with Gasteiger partial charge >= 0.3 is 6.03 Å². The minimum absolute atomic E-state index is 0.107. The van der Waals surface area contributed by atoms with Crippen LogP contribution in [0, 0.1) is 0 Å². The molecular formula is C18H14N4O3. The molecule has 0 saturated carbocycles. The van der Waals surface area contributed by atoms with Crippen LogP contribution in [0.3, 0.4) is 0 Å². The van der Waals surface area contributed by atoms with Crippen molar-refractivity contribution < 1.29 is 14.4 Å². The van der Waals surface area contributed by atoms with Gasteiger partial charge in [-0.25, -0.2) is 9.69 Å². The lowest BCUT2D eigenvalue weighted by atomic mass is 10.2. The molecule has 0 aliphatic carbocycles. The predicted molar refractivity (Wildman–Crippen MR) is 90.9 cm³/mol. The van der Waals surface area contributed by atoms with Crippen molar-refractivity contribution in [3.05, 3.63) is 84.6 Å². The fourth-order valence-electron chi connectivity index (χ4n) is 2.10. The molecule has 3 amide bonds. The molecule has 0 bridgehead atoms. The summed E-state index contributed by atoms with van der Waals surface area (Å²) in [4.78, 5) is 31.4. The van der Waals surface area contributed by atoms with Crippen LogP contribution in [0.5, 0.6) is 5.88 Å². The van der Waals surface area contributed by atoms with Gasteiger partial charge in [0, 0.05) is 17.8 Å². The Hall–Kier alpha value is -3.74. The minimum Gasteiger partial charge on any atom is -0.356 e. The molecule has 3 aromatic rings. The van der Waals surface area contributed by atoms with Gasteiger partial charge in [-0.05, 0) is 30.3 Å². The largest absolute Gasteiger partial charge is 0.362 e. The number of imide groups is 1. The zero-order valence-electron chi connectivity index (χ0n) is 13.1. The Morgan fingerprint density at radius 2 is 1.56 bits per heavy atom. The van der Waals surface area contributed by atoms with Gasteiger partial charge in [-0.1, -0.05) is 36.4 Å². The molecule has 0 atom stereocenters. The zero-order chi connectivity index (χ0) is 17.5. The Morgan fingerprint density at radius 3 is 2.20 bits per heavy atom. The van der Waals surface area contributed by atoms with Crippen LogP contribution in [0.25, 0.3) is 0 Å². The number of nitrogens with one attached hydrogen (secondary N) is 1. The summed E-state index contributed by atoms with van der Waals surface area (Å²) in [6.45, 7) is 0. The van der Waals surface area contributed by atoms with Gasteiger partial charge in [-0.15, -0.1) is 5.10 Å². The van der Waals surface area contributed by atoms with Crippen LogP contribution in [-0.2, 0) is 0 Å². The molecule has 0 fully saturated rings. The van der Waals surface area contributed by atoms with Crippen molar-refractivity contribution in [3.63, 3.8) is 0 Å². The highest BCUT2D eigenvalue weighted by molar-refractivity contribution is 6.20. The average molecular weight is 334 g/mol. The SMILES string of the molecule is O=C(NOc1cccnn1)N(C(=O)c1ccccc1)c1ccccc1. The van der Waals surface area contributed by atoms with Gasteiger partial charge in [-0.3, -0.25) is 4.79 Å². The van der Waals surface area contributed by atoms with Gasteiger partial charge in [0.2, 0.25) is 0 Å². The van der Waals surface area contributed by atoms with E-state index in [4.69, 9.17) is 4.84 Å². The fraction of sp³-hybridized carbons (Fsp3) is 0. The maximum absolute atomic E-state index is 12.8. The number of carbonyl (C=O) groups is 2. The van der Waals surface area contributed by atoms with E-state index in [1.807, 2.05) is 0 Å². The van der Waals surface area contributed by atoms with Gasteiger partial charge in [-0.2, -0.15) is 10.6 Å². The quantitative estimate of drug-likeness (QED) is 0.742. The van der Waals surface area contributed by atoms with E-state index in [9.17, 15) is 9.59 Å². The number of benzene rings is 2. The highest BCUT2D eigenvalue weighted by atomic mass is 16.7. The van der Waals surface area contributed by atoms with Crippen molar-refractivity contribution >= 4 is 17.6 Å². The average Bonchev–Trinajstić information content (AvgIpc) is 2.69. The van der Waals surface area contributed by atoms with Crippen LogP contribution >= 0.6 is 0 Å². The van der Waals surface area contributed by atoms with Gasteiger partial charge < -0.3 is 4.84 Å². The molecule has 25 heavy (non-hydrogen) atoms. The third-order valence-electron chi connectivity index (χ3n) is 3.23. The first-order valence-electron chi connectivity index (χ1n) is 7.45. The predicted octanol–water partition coefficient (Wildman–Crippen LogP) is 2.83. The van der Waals surface area contributed by atoms with E-state index in [0.717, 1.165) is 4.90 Å². The summed E-state index contributed by atoms with van der Waals surface area (Å²) in [5, 5.41) is 7.34. The Morgan fingerprint density at radius 1 is 0.880 bits per heavy atom. The standard InChI is InChI=1S/C18H14N4O3/c23-17(14-8-3-1-4-9-14)22(15-10-5-2-6-11-15)18(24)21-25-16-12-7-13-19-20-16/h1-13H,(H,21,24). The van der Waals surface area contributed by atoms with Crippen molar-refractivity contribution in [3.8, 4) is 5.88 Å². The number of para-hydroxylation sites is 1. The first-order chi connectivity index (χ1) is 12.3. The molecule has 3 rings (SSSR count). The molecule has 0 spiro atoms. The molecule has 1 heterocycles. The van der Waals surface area contributed by atoms with E-state index < -0.39 is 11.9 Å². The van der Waals surface area contributed by atoms with Crippen molar-refractivity contribution in [2.75, 3.05) is 4.90 Å². The van der Waals surface area contributed by atoms with Crippen LogP contribution in [0.2, 0.25) is 0 Å². The topological polar surface area (TPSA) is 84.4 Å². The van der Waals surface area contributed by atoms with E-state index in [0.29, 0.717) is 11.3 Å². The lowest BCUT2D eigenvalue weighted by Gasteiger charge is -2.21. The molecule has 7 nitrogen and oxygen atoms in total. The van der Waals surface area contributed by atoms with Gasteiger partial charge in [0.1, 0.15) is 0 Å².